The fraction of sp³-hybridized carbons (Fsp3) is 0.556. The van der Waals surface area contributed by atoms with Crippen LogP contribution >= 0.6 is 0 Å². The number of nitrogens with zero attached hydrogens (tertiary/aromatic N) is 3. The van der Waals surface area contributed by atoms with Gasteiger partial charge in [-0.15, -0.1) is 0 Å². The maximum Gasteiger partial charge on any atom is 0.261 e. The molecule has 3 rings (SSSR count). The van der Waals surface area contributed by atoms with Gasteiger partial charge >= 0.3 is 0 Å². The van der Waals surface area contributed by atoms with Crippen molar-refractivity contribution in [1.29, 1.82) is 0 Å². The highest BCUT2D eigenvalue weighted by Gasteiger charge is 2.19. The van der Waals surface area contributed by atoms with Gasteiger partial charge in [0.2, 0.25) is 5.75 Å². The van der Waals surface area contributed by atoms with Crippen LogP contribution in [-0.2, 0) is 11.3 Å². The van der Waals surface area contributed by atoms with Gasteiger partial charge in [-0.05, 0) is 12.5 Å². The molecule has 0 amide bonds. The Kier molecular flexibility index (Phi) is 5.95. The first kappa shape index (κ1) is 18.5. The first-order valence-electron chi connectivity index (χ1n) is 8.67. The van der Waals surface area contributed by atoms with Crippen LogP contribution in [0.15, 0.2) is 17.2 Å². The molecule has 0 bridgehead atoms. The minimum atomic E-state index is -0.115. The van der Waals surface area contributed by atoms with Gasteiger partial charge in [-0.3, -0.25) is 14.3 Å². The van der Waals surface area contributed by atoms with Gasteiger partial charge in [0.15, 0.2) is 11.5 Å². The summed E-state index contributed by atoms with van der Waals surface area (Å²) in [6, 6.07) is 1.66. The fourth-order valence-corrected chi connectivity index (χ4v) is 3.22. The molecule has 0 radical (unpaired) electrons. The van der Waals surface area contributed by atoms with Crippen LogP contribution in [0.1, 0.15) is 6.42 Å². The Labute approximate surface area is 152 Å². The van der Waals surface area contributed by atoms with E-state index in [1.807, 2.05) is 0 Å². The summed E-state index contributed by atoms with van der Waals surface area (Å²) >= 11 is 0. The fourth-order valence-electron chi connectivity index (χ4n) is 3.22. The molecule has 0 spiro atoms. The Hall–Kier alpha value is -2.32. The van der Waals surface area contributed by atoms with Crippen molar-refractivity contribution in [1.82, 2.24) is 14.5 Å². The predicted octanol–water partition coefficient (Wildman–Crippen LogP) is 1.14. The number of benzene rings is 1. The van der Waals surface area contributed by atoms with Crippen LogP contribution in [0.3, 0.4) is 0 Å². The van der Waals surface area contributed by atoms with Crippen molar-refractivity contribution in [2.75, 3.05) is 54.2 Å². The van der Waals surface area contributed by atoms with Crippen molar-refractivity contribution >= 4 is 10.9 Å². The lowest BCUT2D eigenvalue weighted by Crippen LogP contribution is -2.37. The van der Waals surface area contributed by atoms with Gasteiger partial charge in [0, 0.05) is 26.2 Å². The molecule has 142 valence electrons. The van der Waals surface area contributed by atoms with E-state index in [-0.39, 0.29) is 5.56 Å². The van der Waals surface area contributed by atoms with Crippen LogP contribution in [0.5, 0.6) is 17.2 Å². The highest BCUT2D eigenvalue weighted by molar-refractivity contribution is 5.89. The van der Waals surface area contributed by atoms with E-state index in [2.05, 4.69) is 9.88 Å². The van der Waals surface area contributed by atoms with E-state index in [1.165, 1.54) is 21.3 Å². The van der Waals surface area contributed by atoms with Gasteiger partial charge in [-0.25, -0.2) is 4.98 Å². The number of rotatable bonds is 7. The van der Waals surface area contributed by atoms with Crippen LogP contribution in [-0.4, -0.2) is 68.6 Å². The zero-order chi connectivity index (χ0) is 18.5. The van der Waals surface area contributed by atoms with Crippen molar-refractivity contribution in [2.24, 2.45) is 0 Å². The van der Waals surface area contributed by atoms with Crippen molar-refractivity contribution in [3.05, 3.63) is 22.7 Å². The smallest absolute Gasteiger partial charge is 0.261 e. The molecule has 0 aliphatic carbocycles. The molecule has 1 aromatic heterocycles. The molecule has 0 N–H and O–H groups in total. The first-order valence-corrected chi connectivity index (χ1v) is 8.67. The van der Waals surface area contributed by atoms with Crippen LogP contribution in [0.25, 0.3) is 10.9 Å². The third-order valence-electron chi connectivity index (χ3n) is 4.60. The SMILES string of the molecule is COc1cc2c(=O)n(CCCN3CCOCC3)cnc2c(OC)c1OC. The summed E-state index contributed by atoms with van der Waals surface area (Å²) in [6.07, 6.45) is 2.44. The minimum absolute atomic E-state index is 0.115. The number of morpholine rings is 1. The van der Waals surface area contributed by atoms with Gasteiger partial charge in [0.1, 0.15) is 5.52 Å². The zero-order valence-electron chi connectivity index (χ0n) is 15.5. The van der Waals surface area contributed by atoms with Crippen molar-refractivity contribution < 1.29 is 18.9 Å². The van der Waals surface area contributed by atoms with Crippen LogP contribution in [0.2, 0.25) is 0 Å². The quantitative estimate of drug-likeness (QED) is 0.730. The third kappa shape index (κ3) is 3.61. The number of methoxy groups -OCH3 is 3. The summed E-state index contributed by atoms with van der Waals surface area (Å²) < 4.78 is 23.1. The minimum Gasteiger partial charge on any atom is -0.493 e. The monoisotopic (exact) mass is 363 g/mol. The molecule has 26 heavy (non-hydrogen) atoms. The third-order valence-corrected chi connectivity index (χ3v) is 4.60. The molecule has 2 aromatic rings. The Bertz CT molecular complexity index is 815. The van der Waals surface area contributed by atoms with Gasteiger partial charge in [0.05, 0.1) is 46.3 Å². The number of hydrogen-bond donors (Lipinski definition) is 0. The molecular formula is C18H25N3O5. The van der Waals surface area contributed by atoms with Crippen molar-refractivity contribution in [2.45, 2.75) is 13.0 Å². The average Bonchev–Trinajstić information content (AvgIpc) is 2.69. The van der Waals surface area contributed by atoms with Crippen LogP contribution in [0.4, 0.5) is 0 Å². The van der Waals surface area contributed by atoms with Gasteiger partial charge in [0.25, 0.3) is 5.56 Å². The molecule has 2 heterocycles. The second-order valence-corrected chi connectivity index (χ2v) is 6.09. The van der Waals surface area contributed by atoms with Crippen LogP contribution < -0.4 is 19.8 Å². The molecule has 0 unspecified atom stereocenters. The lowest BCUT2D eigenvalue weighted by atomic mass is 10.2. The van der Waals surface area contributed by atoms with E-state index in [1.54, 1.807) is 17.0 Å². The number of aromatic nitrogens is 2. The normalized spacial score (nSPS) is 15.2. The molecule has 0 saturated carbocycles. The summed E-state index contributed by atoms with van der Waals surface area (Å²) in [7, 11) is 4.58. The highest BCUT2D eigenvalue weighted by atomic mass is 16.5. The summed E-state index contributed by atoms with van der Waals surface area (Å²) in [5.74, 6) is 1.28. The molecule has 1 fully saturated rings. The summed E-state index contributed by atoms with van der Waals surface area (Å²) in [6.45, 7) is 4.98. The summed E-state index contributed by atoms with van der Waals surface area (Å²) in [5, 5.41) is 0.452. The summed E-state index contributed by atoms with van der Waals surface area (Å²) in [5.41, 5.74) is 0.357. The van der Waals surface area contributed by atoms with E-state index in [0.29, 0.717) is 34.7 Å². The second-order valence-electron chi connectivity index (χ2n) is 6.09. The van der Waals surface area contributed by atoms with Gasteiger partial charge in [-0.2, -0.15) is 0 Å². The maximum atomic E-state index is 12.9. The molecule has 1 saturated heterocycles. The molecule has 8 nitrogen and oxygen atoms in total. The Morgan fingerprint density at radius 1 is 1.08 bits per heavy atom. The second kappa shape index (κ2) is 8.37. The van der Waals surface area contributed by atoms with E-state index in [9.17, 15) is 4.79 Å². The van der Waals surface area contributed by atoms with Crippen molar-refractivity contribution in [3.8, 4) is 17.2 Å². The van der Waals surface area contributed by atoms with Gasteiger partial charge < -0.3 is 18.9 Å². The molecule has 1 aliphatic heterocycles. The molecule has 1 aliphatic rings. The number of aryl methyl sites for hydroxylation is 1. The first-order chi connectivity index (χ1) is 12.7. The molecule has 1 aromatic carbocycles. The number of hydrogen-bond acceptors (Lipinski definition) is 7. The zero-order valence-corrected chi connectivity index (χ0v) is 15.5. The van der Waals surface area contributed by atoms with Gasteiger partial charge in [-0.1, -0.05) is 0 Å². The van der Waals surface area contributed by atoms with E-state index < -0.39 is 0 Å². The molecule has 8 heteroatoms. The standard InChI is InChI=1S/C18H25N3O5/c1-23-14-11-13-15(17(25-3)16(14)24-2)19-12-21(18(13)22)6-4-5-20-7-9-26-10-8-20/h11-12H,4-10H2,1-3H3. The number of ether oxygens (including phenoxy) is 4. The Morgan fingerprint density at radius 2 is 1.81 bits per heavy atom. The average molecular weight is 363 g/mol. The van der Waals surface area contributed by atoms with Crippen molar-refractivity contribution in [3.63, 3.8) is 0 Å². The molecular weight excluding hydrogens is 338 g/mol. The molecule has 0 atom stereocenters. The Balaban J connectivity index is 1.86. The van der Waals surface area contributed by atoms with E-state index >= 15 is 0 Å². The number of fused-ring (bicyclic) bond motifs is 1. The van der Waals surface area contributed by atoms with E-state index in [0.717, 1.165) is 39.3 Å². The predicted molar refractivity (Wildman–Crippen MR) is 97.5 cm³/mol. The van der Waals surface area contributed by atoms with Crippen LogP contribution in [0, 0.1) is 0 Å². The van der Waals surface area contributed by atoms with E-state index in [4.69, 9.17) is 18.9 Å². The highest BCUT2D eigenvalue weighted by Crippen LogP contribution is 2.41. The summed E-state index contributed by atoms with van der Waals surface area (Å²) in [4.78, 5) is 19.7. The lowest BCUT2D eigenvalue weighted by molar-refractivity contribution is 0.0369. The lowest BCUT2D eigenvalue weighted by Gasteiger charge is -2.26. The maximum absolute atomic E-state index is 12.9. The Morgan fingerprint density at radius 3 is 2.46 bits per heavy atom. The largest absolute Gasteiger partial charge is 0.493 e. The topological polar surface area (TPSA) is 75.1 Å².